The second-order valence-corrected chi connectivity index (χ2v) is 6.81. The Morgan fingerprint density at radius 1 is 1.20 bits per heavy atom. The van der Waals surface area contributed by atoms with Crippen molar-refractivity contribution in [1.29, 1.82) is 0 Å². The summed E-state index contributed by atoms with van der Waals surface area (Å²) in [6.07, 6.45) is 0.612. The van der Waals surface area contributed by atoms with Gasteiger partial charge in [-0.2, -0.15) is 0 Å². The molecule has 6 heteroatoms. The Morgan fingerprint density at radius 3 is 2.55 bits per heavy atom. The smallest absolute Gasteiger partial charge is 0.212 e. The topological polar surface area (TPSA) is 67.4 Å². The van der Waals surface area contributed by atoms with E-state index in [2.05, 4.69) is 10.0 Å². The van der Waals surface area contributed by atoms with Crippen LogP contribution in [0.3, 0.4) is 0 Å². The van der Waals surface area contributed by atoms with Crippen LogP contribution in [0.1, 0.15) is 19.4 Å². The summed E-state index contributed by atoms with van der Waals surface area (Å²) >= 11 is 0. The van der Waals surface area contributed by atoms with Gasteiger partial charge in [0.1, 0.15) is 5.75 Å². The minimum Gasteiger partial charge on any atom is -0.496 e. The van der Waals surface area contributed by atoms with E-state index in [1.54, 1.807) is 7.11 Å². The molecular weight excluding hydrogens is 276 g/mol. The normalized spacial score (nSPS) is 11.8. The number of ether oxygens (including phenoxy) is 1. The first kappa shape index (κ1) is 16.9. The van der Waals surface area contributed by atoms with Gasteiger partial charge in [0.05, 0.1) is 12.9 Å². The molecular formula is C14H24N2O3S. The lowest BCUT2D eigenvalue weighted by molar-refractivity contribution is 0.409. The number of hydrogen-bond donors (Lipinski definition) is 2. The van der Waals surface area contributed by atoms with E-state index in [0.717, 1.165) is 11.3 Å². The van der Waals surface area contributed by atoms with Crippen molar-refractivity contribution in [2.24, 2.45) is 0 Å². The number of para-hydroxylation sites is 1. The molecule has 1 aromatic carbocycles. The minimum atomic E-state index is -3.22. The molecule has 0 amide bonds. The molecule has 0 atom stereocenters. The predicted octanol–water partition coefficient (Wildman–Crippen LogP) is 1.16. The minimum absolute atomic E-state index is 0.0943. The maximum Gasteiger partial charge on any atom is 0.212 e. The third-order valence-electron chi connectivity index (χ3n) is 2.83. The van der Waals surface area contributed by atoms with E-state index in [1.807, 2.05) is 38.1 Å². The van der Waals surface area contributed by atoms with Crippen molar-refractivity contribution < 1.29 is 13.2 Å². The van der Waals surface area contributed by atoms with Crippen LogP contribution in [0, 0.1) is 0 Å². The number of methoxy groups -OCH3 is 1. The summed E-state index contributed by atoms with van der Waals surface area (Å²) in [4.78, 5) is 0. The average Bonchev–Trinajstić information content (AvgIpc) is 2.38. The van der Waals surface area contributed by atoms with Gasteiger partial charge in [0.2, 0.25) is 10.0 Å². The van der Waals surface area contributed by atoms with E-state index in [-0.39, 0.29) is 5.75 Å². The first-order chi connectivity index (χ1) is 9.44. The summed E-state index contributed by atoms with van der Waals surface area (Å²) in [6, 6.07) is 7.91. The first-order valence-electron chi connectivity index (χ1n) is 6.77. The lowest BCUT2D eigenvalue weighted by atomic mass is 10.1. The molecule has 1 rings (SSSR count). The van der Waals surface area contributed by atoms with Gasteiger partial charge < -0.3 is 10.1 Å². The van der Waals surface area contributed by atoms with Crippen LogP contribution >= 0.6 is 0 Å². The fourth-order valence-corrected chi connectivity index (χ4v) is 2.75. The van der Waals surface area contributed by atoms with Crippen LogP contribution in [0.5, 0.6) is 5.75 Å². The van der Waals surface area contributed by atoms with E-state index in [9.17, 15) is 8.42 Å². The standard InChI is InChI=1S/C14H24N2O3S/c1-12(2)15-10-11-20(17,18)16-9-8-13-6-4-5-7-14(13)19-3/h4-7,12,15-16H,8-11H2,1-3H3. The molecule has 1 aromatic rings. The highest BCUT2D eigenvalue weighted by molar-refractivity contribution is 7.89. The average molecular weight is 300 g/mol. The Kier molecular flexibility index (Phi) is 6.98. The van der Waals surface area contributed by atoms with Crippen LogP contribution in [0.4, 0.5) is 0 Å². The van der Waals surface area contributed by atoms with Crippen molar-refractivity contribution in [1.82, 2.24) is 10.0 Å². The summed E-state index contributed by atoms with van der Waals surface area (Å²) in [6.45, 7) is 4.81. The maximum absolute atomic E-state index is 11.8. The second kappa shape index (κ2) is 8.24. The molecule has 0 unspecified atom stereocenters. The number of rotatable bonds is 9. The summed E-state index contributed by atoms with van der Waals surface area (Å²) in [5.41, 5.74) is 0.998. The fourth-order valence-electron chi connectivity index (χ4n) is 1.80. The summed E-state index contributed by atoms with van der Waals surface area (Å²) < 4.78 is 31.4. The molecule has 0 aliphatic carbocycles. The van der Waals surface area contributed by atoms with Gasteiger partial charge in [-0.3, -0.25) is 0 Å². The van der Waals surface area contributed by atoms with Gasteiger partial charge in [-0.25, -0.2) is 13.1 Å². The molecule has 0 saturated heterocycles. The van der Waals surface area contributed by atoms with Crippen molar-refractivity contribution in [3.05, 3.63) is 29.8 Å². The van der Waals surface area contributed by atoms with E-state index in [4.69, 9.17) is 4.74 Å². The molecule has 0 fully saturated rings. The Balaban J connectivity index is 2.39. The van der Waals surface area contributed by atoms with Gasteiger partial charge in [0.15, 0.2) is 0 Å². The molecule has 2 N–H and O–H groups in total. The third-order valence-corrected chi connectivity index (χ3v) is 4.22. The fraction of sp³-hybridized carbons (Fsp3) is 0.571. The zero-order chi connectivity index (χ0) is 15.0. The third kappa shape index (κ3) is 6.36. The Hall–Kier alpha value is -1.11. The largest absolute Gasteiger partial charge is 0.496 e. The van der Waals surface area contributed by atoms with Gasteiger partial charge in [0, 0.05) is 19.1 Å². The van der Waals surface area contributed by atoms with E-state index >= 15 is 0 Å². The van der Waals surface area contributed by atoms with Crippen molar-refractivity contribution >= 4 is 10.0 Å². The molecule has 0 aliphatic rings. The van der Waals surface area contributed by atoms with Crippen LogP contribution in [-0.2, 0) is 16.4 Å². The highest BCUT2D eigenvalue weighted by Gasteiger charge is 2.10. The van der Waals surface area contributed by atoms with Crippen molar-refractivity contribution in [3.63, 3.8) is 0 Å². The van der Waals surface area contributed by atoms with E-state index in [0.29, 0.717) is 25.6 Å². The number of benzene rings is 1. The van der Waals surface area contributed by atoms with Crippen LogP contribution in [0.25, 0.3) is 0 Å². The maximum atomic E-state index is 11.8. The van der Waals surface area contributed by atoms with Crippen molar-refractivity contribution in [3.8, 4) is 5.75 Å². The highest BCUT2D eigenvalue weighted by Crippen LogP contribution is 2.17. The molecule has 0 aliphatic heterocycles. The zero-order valence-electron chi connectivity index (χ0n) is 12.3. The van der Waals surface area contributed by atoms with Crippen molar-refractivity contribution in [2.45, 2.75) is 26.3 Å². The van der Waals surface area contributed by atoms with Crippen LogP contribution in [0.2, 0.25) is 0 Å². The van der Waals surface area contributed by atoms with Gasteiger partial charge >= 0.3 is 0 Å². The second-order valence-electron chi connectivity index (χ2n) is 4.88. The molecule has 114 valence electrons. The Labute approximate surface area is 121 Å². The van der Waals surface area contributed by atoms with Crippen LogP contribution < -0.4 is 14.8 Å². The molecule has 20 heavy (non-hydrogen) atoms. The predicted molar refractivity (Wildman–Crippen MR) is 81.6 cm³/mol. The van der Waals surface area contributed by atoms with Gasteiger partial charge in [-0.05, 0) is 18.1 Å². The molecule has 0 spiro atoms. The molecule has 0 radical (unpaired) electrons. The summed E-state index contributed by atoms with van der Waals surface area (Å²) in [5, 5.41) is 3.09. The summed E-state index contributed by atoms with van der Waals surface area (Å²) in [5.74, 6) is 0.880. The van der Waals surface area contributed by atoms with Crippen LogP contribution in [0.15, 0.2) is 24.3 Å². The lowest BCUT2D eigenvalue weighted by Crippen LogP contribution is -2.35. The molecule has 0 bridgehead atoms. The zero-order valence-corrected chi connectivity index (χ0v) is 13.2. The van der Waals surface area contributed by atoms with E-state index < -0.39 is 10.0 Å². The Morgan fingerprint density at radius 2 is 1.90 bits per heavy atom. The number of hydrogen-bond acceptors (Lipinski definition) is 4. The molecule has 5 nitrogen and oxygen atoms in total. The SMILES string of the molecule is COc1ccccc1CCNS(=O)(=O)CCNC(C)C. The molecule has 0 aromatic heterocycles. The quantitative estimate of drug-likeness (QED) is 0.718. The first-order valence-corrected chi connectivity index (χ1v) is 8.42. The number of sulfonamides is 1. The highest BCUT2D eigenvalue weighted by atomic mass is 32.2. The molecule has 0 heterocycles. The van der Waals surface area contributed by atoms with Gasteiger partial charge in [-0.1, -0.05) is 32.0 Å². The van der Waals surface area contributed by atoms with Crippen molar-refractivity contribution in [2.75, 3.05) is 26.0 Å². The lowest BCUT2D eigenvalue weighted by Gasteiger charge is -2.11. The molecule has 0 saturated carbocycles. The summed E-state index contributed by atoms with van der Waals surface area (Å²) in [7, 11) is -1.61. The van der Waals surface area contributed by atoms with Crippen LogP contribution in [-0.4, -0.2) is 40.4 Å². The van der Waals surface area contributed by atoms with Gasteiger partial charge in [0.25, 0.3) is 0 Å². The van der Waals surface area contributed by atoms with Gasteiger partial charge in [-0.15, -0.1) is 0 Å². The van der Waals surface area contributed by atoms with E-state index in [1.165, 1.54) is 0 Å². The monoisotopic (exact) mass is 300 g/mol. The number of nitrogens with one attached hydrogen (secondary N) is 2. The Bertz CT molecular complexity index is 501.